The zero-order chi connectivity index (χ0) is 21.5. The van der Waals surface area contributed by atoms with Crippen LogP contribution in [0.2, 0.25) is 5.02 Å². The lowest BCUT2D eigenvalue weighted by Crippen LogP contribution is -2.35. The van der Waals surface area contributed by atoms with Crippen molar-refractivity contribution in [3.05, 3.63) is 41.2 Å². The average molecular weight is 441 g/mol. The van der Waals surface area contributed by atoms with Gasteiger partial charge in [0.1, 0.15) is 11.6 Å². The molecule has 0 aromatic carbocycles. The fraction of sp³-hybridized carbons (Fsp3) is 0.560. The van der Waals surface area contributed by atoms with Gasteiger partial charge in [-0.05, 0) is 56.3 Å². The first-order chi connectivity index (χ1) is 15.2. The number of hydrogen-bond donors (Lipinski definition) is 2. The van der Waals surface area contributed by atoms with Gasteiger partial charge in [-0.25, -0.2) is 4.98 Å². The summed E-state index contributed by atoms with van der Waals surface area (Å²) < 4.78 is 0. The van der Waals surface area contributed by atoms with Gasteiger partial charge in [-0.1, -0.05) is 43.4 Å². The maximum absolute atomic E-state index is 12.7. The Labute approximate surface area is 190 Å². The SMILES string of the molecule is O=C(Cc1cc(-c2cccc(NCC3CCCCCC3)n2)c(Cl)cn1)[C@@H]1CCCNC1. The fourth-order valence-corrected chi connectivity index (χ4v) is 4.92. The van der Waals surface area contributed by atoms with Gasteiger partial charge in [0.15, 0.2) is 0 Å². The molecule has 6 heteroatoms. The molecule has 2 aromatic heterocycles. The largest absolute Gasteiger partial charge is 0.370 e. The fourth-order valence-electron chi connectivity index (χ4n) is 4.72. The second-order valence-corrected chi connectivity index (χ2v) is 9.40. The van der Waals surface area contributed by atoms with Crippen LogP contribution in [0.3, 0.4) is 0 Å². The van der Waals surface area contributed by atoms with Gasteiger partial charge in [-0.3, -0.25) is 9.78 Å². The van der Waals surface area contributed by atoms with E-state index in [9.17, 15) is 4.79 Å². The predicted octanol–water partition coefficient (Wildman–Crippen LogP) is 5.29. The van der Waals surface area contributed by atoms with Gasteiger partial charge in [0.05, 0.1) is 10.7 Å². The standard InChI is InChI=1S/C25H33ClN4O/c26-22-17-28-20(14-24(31)19-9-6-12-27-16-19)13-21(22)23-10-5-11-25(30-23)29-15-18-7-3-1-2-4-8-18/h5,10-11,13,17-19,27H,1-4,6-9,12,14-16H2,(H,29,30)/t19-/m1/s1. The van der Waals surface area contributed by atoms with Gasteiger partial charge in [-0.2, -0.15) is 0 Å². The van der Waals surface area contributed by atoms with E-state index < -0.39 is 0 Å². The van der Waals surface area contributed by atoms with Gasteiger partial charge < -0.3 is 10.6 Å². The molecule has 2 aromatic rings. The van der Waals surface area contributed by atoms with Crippen LogP contribution < -0.4 is 10.6 Å². The van der Waals surface area contributed by atoms with E-state index in [0.29, 0.717) is 11.4 Å². The number of halogens is 1. The second kappa shape index (κ2) is 11.1. The van der Waals surface area contributed by atoms with E-state index in [1.807, 2.05) is 24.3 Å². The Morgan fingerprint density at radius 3 is 2.74 bits per heavy atom. The van der Waals surface area contributed by atoms with Gasteiger partial charge in [-0.15, -0.1) is 0 Å². The highest BCUT2D eigenvalue weighted by atomic mass is 35.5. The molecule has 2 aliphatic rings. The molecule has 166 valence electrons. The normalized spacial score (nSPS) is 20.2. The summed E-state index contributed by atoms with van der Waals surface area (Å²) in [6, 6.07) is 7.91. The van der Waals surface area contributed by atoms with Crippen molar-refractivity contribution in [2.75, 3.05) is 25.0 Å². The van der Waals surface area contributed by atoms with Crippen LogP contribution in [-0.4, -0.2) is 35.4 Å². The molecule has 3 heterocycles. The summed E-state index contributed by atoms with van der Waals surface area (Å²) in [5.74, 6) is 1.94. The maximum Gasteiger partial charge on any atom is 0.143 e. The van der Waals surface area contributed by atoms with E-state index in [2.05, 4.69) is 15.6 Å². The monoisotopic (exact) mass is 440 g/mol. The Balaban J connectivity index is 1.44. The first-order valence-corrected chi connectivity index (χ1v) is 12.2. The summed E-state index contributed by atoms with van der Waals surface area (Å²) in [6.07, 6.45) is 12.0. The third-order valence-electron chi connectivity index (χ3n) is 6.59. The van der Waals surface area contributed by atoms with Crippen molar-refractivity contribution in [2.24, 2.45) is 11.8 Å². The molecule has 0 spiro atoms. The zero-order valence-corrected chi connectivity index (χ0v) is 19.0. The second-order valence-electron chi connectivity index (χ2n) is 8.99. The zero-order valence-electron chi connectivity index (χ0n) is 18.2. The Morgan fingerprint density at radius 2 is 1.97 bits per heavy atom. The van der Waals surface area contributed by atoms with Crippen molar-refractivity contribution in [1.29, 1.82) is 0 Å². The summed E-state index contributed by atoms with van der Waals surface area (Å²) in [4.78, 5) is 21.9. The number of carbonyl (C=O) groups is 1. The quantitative estimate of drug-likeness (QED) is 0.572. The Kier molecular flexibility index (Phi) is 7.92. The highest BCUT2D eigenvalue weighted by Gasteiger charge is 2.22. The molecule has 1 saturated heterocycles. The Morgan fingerprint density at radius 1 is 1.13 bits per heavy atom. The number of carbonyl (C=O) groups excluding carboxylic acids is 1. The molecule has 0 radical (unpaired) electrons. The molecule has 1 aliphatic heterocycles. The smallest absolute Gasteiger partial charge is 0.143 e. The van der Waals surface area contributed by atoms with Crippen LogP contribution in [0.4, 0.5) is 5.82 Å². The molecular weight excluding hydrogens is 408 g/mol. The highest BCUT2D eigenvalue weighted by Crippen LogP contribution is 2.28. The van der Waals surface area contributed by atoms with Crippen molar-refractivity contribution in [3.8, 4) is 11.3 Å². The molecule has 1 aliphatic carbocycles. The molecule has 0 amide bonds. The van der Waals surface area contributed by atoms with Gasteiger partial charge in [0.2, 0.25) is 0 Å². The minimum Gasteiger partial charge on any atom is -0.370 e. The molecule has 5 nitrogen and oxygen atoms in total. The van der Waals surface area contributed by atoms with E-state index in [1.54, 1.807) is 6.20 Å². The van der Waals surface area contributed by atoms with Crippen LogP contribution in [0.5, 0.6) is 0 Å². The summed E-state index contributed by atoms with van der Waals surface area (Å²) >= 11 is 6.47. The molecule has 2 fully saturated rings. The topological polar surface area (TPSA) is 66.9 Å². The first kappa shape index (κ1) is 22.2. The van der Waals surface area contributed by atoms with Crippen molar-refractivity contribution in [2.45, 2.75) is 57.8 Å². The number of ketones is 1. The highest BCUT2D eigenvalue weighted by molar-refractivity contribution is 6.33. The maximum atomic E-state index is 12.7. The number of piperidine rings is 1. The molecule has 1 atom stereocenters. The summed E-state index contributed by atoms with van der Waals surface area (Å²) in [7, 11) is 0. The molecule has 2 N–H and O–H groups in total. The number of nitrogens with zero attached hydrogens (tertiary/aromatic N) is 2. The van der Waals surface area contributed by atoms with Crippen LogP contribution in [0.1, 0.15) is 57.1 Å². The summed E-state index contributed by atoms with van der Waals surface area (Å²) in [5.41, 5.74) is 2.40. The van der Waals surface area contributed by atoms with Crippen molar-refractivity contribution < 1.29 is 4.79 Å². The van der Waals surface area contributed by atoms with Gasteiger partial charge in [0.25, 0.3) is 0 Å². The molecular formula is C25H33ClN4O. The molecule has 0 bridgehead atoms. The van der Waals surface area contributed by atoms with Crippen LogP contribution in [-0.2, 0) is 11.2 Å². The van der Waals surface area contributed by atoms with Crippen molar-refractivity contribution in [1.82, 2.24) is 15.3 Å². The van der Waals surface area contributed by atoms with E-state index in [-0.39, 0.29) is 11.7 Å². The van der Waals surface area contributed by atoms with Crippen LogP contribution in [0.25, 0.3) is 11.3 Å². The molecule has 4 rings (SSSR count). The lowest BCUT2D eigenvalue weighted by atomic mass is 9.92. The summed E-state index contributed by atoms with van der Waals surface area (Å²) in [6.45, 7) is 2.75. The number of hydrogen-bond acceptors (Lipinski definition) is 5. The van der Waals surface area contributed by atoms with E-state index in [4.69, 9.17) is 16.6 Å². The van der Waals surface area contributed by atoms with Crippen molar-refractivity contribution in [3.63, 3.8) is 0 Å². The van der Waals surface area contributed by atoms with E-state index >= 15 is 0 Å². The van der Waals surface area contributed by atoms with Gasteiger partial charge in [0, 0.05) is 42.9 Å². The number of rotatable bonds is 7. The van der Waals surface area contributed by atoms with Crippen LogP contribution in [0.15, 0.2) is 30.5 Å². The molecule has 31 heavy (non-hydrogen) atoms. The minimum absolute atomic E-state index is 0.0873. The van der Waals surface area contributed by atoms with Gasteiger partial charge >= 0.3 is 0 Å². The first-order valence-electron chi connectivity index (χ1n) is 11.8. The lowest BCUT2D eigenvalue weighted by molar-refractivity contribution is -0.122. The van der Waals surface area contributed by atoms with Crippen LogP contribution >= 0.6 is 11.6 Å². The van der Waals surface area contributed by atoms with Crippen molar-refractivity contribution >= 4 is 23.2 Å². The number of pyridine rings is 2. The van der Waals surface area contributed by atoms with E-state index in [1.165, 1.54) is 38.5 Å². The lowest BCUT2D eigenvalue weighted by Gasteiger charge is -2.21. The third kappa shape index (κ3) is 6.27. The molecule has 0 unspecified atom stereocenters. The minimum atomic E-state index is 0.0873. The number of aromatic nitrogens is 2. The summed E-state index contributed by atoms with van der Waals surface area (Å²) in [5, 5.41) is 7.40. The van der Waals surface area contributed by atoms with Crippen LogP contribution in [0, 0.1) is 11.8 Å². The Hall–Kier alpha value is -1.98. The molecule has 1 saturated carbocycles. The third-order valence-corrected chi connectivity index (χ3v) is 6.89. The average Bonchev–Trinajstić information content (AvgIpc) is 3.09. The number of nitrogens with one attached hydrogen (secondary N) is 2. The predicted molar refractivity (Wildman–Crippen MR) is 126 cm³/mol. The number of Topliss-reactive ketones (excluding diaryl/α,β-unsaturated/α-hetero) is 1. The number of anilines is 1. The van der Waals surface area contributed by atoms with E-state index in [0.717, 1.165) is 61.2 Å². The Bertz CT molecular complexity index is 874.